The van der Waals surface area contributed by atoms with Crippen molar-refractivity contribution in [2.45, 2.75) is 6.04 Å². The fourth-order valence-corrected chi connectivity index (χ4v) is 1.08. The van der Waals surface area contributed by atoms with Crippen molar-refractivity contribution >= 4 is 5.78 Å². The van der Waals surface area contributed by atoms with Gasteiger partial charge in [0.1, 0.15) is 5.82 Å². The van der Waals surface area contributed by atoms with Gasteiger partial charge in [-0.05, 0) is 24.3 Å². The maximum atomic E-state index is 12.5. The number of methoxy groups -OCH3 is 1. The van der Waals surface area contributed by atoms with E-state index in [2.05, 4.69) is 0 Å². The van der Waals surface area contributed by atoms with E-state index in [-0.39, 0.29) is 18.2 Å². The molecule has 1 aromatic carbocycles. The molecule has 4 heteroatoms. The van der Waals surface area contributed by atoms with Crippen molar-refractivity contribution in [2.75, 3.05) is 13.7 Å². The van der Waals surface area contributed by atoms with Crippen LogP contribution in [0.1, 0.15) is 10.4 Å². The van der Waals surface area contributed by atoms with Crippen LogP contribution in [0, 0.1) is 5.82 Å². The van der Waals surface area contributed by atoms with Crippen molar-refractivity contribution in [3.63, 3.8) is 0 Å². The van der Waals surface area contributed by atoms with E-state index >= 15 is 0 Å². The van der Waals surface area contributed by atoms with Gasteiger partial charge in [-0.2, -0.15) is 0 Å². The summed E-state index contributed by atoms with van der Waals surface area (Å²) in [6.45, 7) is 0.163. The number of hydrogen-bond acceptors (Lipinski definition) is 3. The summed E-state index contributed by atoms with van der Waals surface area (Å²) in [4.78, 5) is 11.5. The number of hydrogen-bond donors (Lipinski definition) is 1. The van der Waals surface area contributed by atoms with Crippen LogP contribution in [0.15, 0.2) is 24.3 Å². The molecular formula is C10H12FNO2. The Hall–Kier alpha value is -1.26. The number of nitrogens with two attached hydrogens (primary N) is 1. The number of halogens is 1. The Morgan fingerprint density at radius 1 is 1.50 bits per heavy atom. The molecule has 0 saturated carbocycles. The van der Waals surface area contributed by atoms with Crippen molar-refractivity contribution in [2.24, 2.45) is 5.73 Å². The Labute approximate surface area is 81.7 Å². The van der Waals surface area contributed by atoms with Gasteiger partial charge in [0.2, 0.25) is 0 Å². The largest absolute Gasteiger partial charge is 0.383 e. The molecule has 0 fully saturated rings. The minimum Gasteiger partial charge on any atom is -0.383 e. The Morgan fingerprint density at radius 3 is 2.57 bits per heavy atom. The highest BCUT2D eigenvalue weighted by Gasteiger charge is 2.14. The number of ketones is 1. The summed E-state index contributed by atoms with van der Waals surface area (Å²) >= 11 is 0. The Morgan fingerprint density at radius 2 is 2.07 bits per heavy atom. The first-order chi connectivity index (χ1) is 6.65. The first-order valence-corrected chi connectivity index (χ1v) is 4.19. The molecule has 1 atom stereocenters. The van der Waals surface area contributed by atoms with Crippen LogP contribution in [0.25, 0.3) is 0 Å². The lowest BCUT2D eigenvalue weighted by atomic mass is 10.1. The van der Waals surface area contributed by atoms with Crippen LogP contribution < -0.4 is 5.73 Å². The monoisotopic (exact) mass is 197 g/mol. The minimum atomic E-state index is -0.689. The van der Waals surface area contributed by atoms with Crippen molar-refractivity contribution in [3.05, 3.63) is 35.6 Å². The van der Waals surface area contributed by atoms with Gasteiger partial charge in [0, 0.05) is 12.7 Å². The van der Waals surface area contributed by atoms with Crippen LogP contribution in [0.4, 0.5) is 4.39 Å². The molecule has 0 aliphatic carbocycles. The lowest BCUT2D eigenvalue weighted by Gasteiger charge is -2.08. The fourth-order valence-electron chi connectivity index (χ4n) is 1.08. The zero-order valence-electron chi connectivity index (χ0n) is 7.87. The van der Waals surface area contributed by atoms with Gasteiger partial charge in [0.05, 0.1) is 12.6 Å². The Balaban J connectivity index is 2.74. The molecule has 0 bridgehead atoms. The van der Waals surface area contributed by atoms with Crippen molar-refractivity contribution in [1.29, 1.82) is 0 Å². The second kappa shape index (κ2) is 4.83. The second-order valence-electron chi connectivity index (χ2n) is 2.93. The van der Waals surface area contributed by atoms with E-state index in [1.807, 2.05) is 0 Å². The van der Waals surface area contributed by atoms with E-state index in [0.29, 0.717) is 5.56 Å². The summed E-state index contributed by atoms with van der Waals surface area (Å²) in [5.74, 6) is -0.617. The van der Waals surface area contributed by atoms with Gasteiger partial charge in [0.15, 0.2) is 5.78 Å². The molecule has 0 heterocycles. The van der Waals surface area contributed by atoms with Gasteiger partial charge in [-0.25, -0.2) is 4.39 Å². The van der Waals surface area contributed by atoms with Crippen LogP contribution in [0.5, 0.6) is 0 Å². The first-order valence-electron chi connectivity index (χ1n) is 4.19. The lowest BCUT2D eigenvalue weighted by Crippen LogP contribution is -2.34. The number of ether oxygens (including phenoxy) is 1. The third-order valence-electron chi connectivity index (χ3n) is 1.81. The average molecular weight is 197 g/mol. The van der Waals surface area contributed by atoms with E-state index in [4.69, 9.17) is 10.5 Å². The van der Waals surface area contributed by atoms with E-state index in [1.165, 1.54) is 31.4 Å². The highest BCUT2D eigenvalue weighted by Crippen LogP contribution is 2.05. The first kappa shape index (κ1) is 10.8. The van der Waals surface area contributed by atoms with E-state index in [9.17, 15) is 9.18 Å². The predicted octanol–water partition coefficient (Wildman–Crippen LogP) is 0.982. The van der Waals surface area contributed by atoms with Gasteiger partial charge in [0.25, 0.3) is 0 Å². The predicted molar refractivity (Wildman–Crippen MR) is 50.6 cm³/mol. The zero-order chi connectivity index (χ0) is 10.6. The highest BCUT2D eigenvalue weighted by atomic mass is 19.1. The van der Waals surface area contributed by atoms with E-state index in [1.54, 1.807) is 0 Å². The number of carbonyl (C=O) groups excluding carboxylic acids is 1. The second-order valence-corrected chi connectivity index (χ2v) is 2.93. The molecule has 76 valence electrons. The average Bonchev–Trinajstić information content (AvgIpc) is 2.18. The molecule has 1 aromatic rings. The molecule has 0 aromatic heterocycles. The third-order valence-corrected chi connectivity index (χ3v) is 1.81. The smallest absolute Gasteiger partial charge is 0.181 e. The number of rotatable bonds is 4. The van der Waals surface area contributed by atoms with Gasteiger partial charge < -0.3 is 10.5 Å². The van der Waals surface area contributed by atoms with E-state index in [0.717, 1.165) is 0 Å². The maximum absolute atomic E-state index is 12.5. The zero-order valence-corrected chi connectivity index (χ0v) is 7.87. The normalized spacial score (nSPS) is 12.5. The van der Waals surface area contributed by atoms with Crippen LogP contribution in [0.2, 0.25) is 0 Å². The molecule has 0 aliphatic heterocycles. The number of Topliss-reactive ketones (excluding diaryl/α,β-unsaturated/α-hetero) is 1. The summed E-state index contributed by atoms with van der Waals surface area (Å²) in [6, 6.07) is 4.59. The molecule has 0 aliphatic rings. The van der Waals surface area contributed by atoms with Gasteiger partial charge in [-0.3, -0.25) is 4.79 Å². The molecule has 2 N–H and O–H groups in total. The highest BCUT2D eigenvalue weighted by molar-refractivity contribution is 6.00. The van der Waals surface area contributed by atoms with Gasteiger partial charge in [-0.15, -0.1) is 0 Å². The van der Waals surface area contributed by atoms with Crippen LogP contribution in [-0.4, -0.2) is 25.5 Å². The number of carbonyl (C=O) groups is 1. The minimum absolute atomic E-state index is 0.163. The maximum Gasteiger partial charge on any atom is 0.181 e. The Bertz CT molecular complexity index is 310. The quantitative estimate of drug-likeness (QED) is 0.732. The summed E-state index contributed by atoms with van der Waals surface area (Å²) in [5.41, 5.74) is 5.93. The topological polar surface area (TPSA) is 52.3 Å². The Kier molecular flexibility index (Phi) is 3.73. The van der Waals surface area contributed by atoms with Crippen LogP contribution >= 0.6 is 0 Å². The molecule has 14 heavy (non-hydrogen) atoms. The summed E-state index contributed by atoms with van der Waals surface area (Å²) in [7, 11) is 1.47. The molecule has 0 spiro atoms. The SMILES string of the molecule is COCC(N)C(=O)c1ccc(F)cc1. The molecule has 3 nitrogen and oxygen atoms in total. The van der Waals surface area contributed by atoms with Crippen LogP contribution in [-0.2, 0) is 4.74 Å². The van der Waals surface area contributed by atoms with Gasteiger partial charge in [-0.1, -0.05) is 0 Å². The summed E-state index contributed by atoms with van der Waals surface area (Å²) in [6.07, 6.45) is 0. The lowest BCUT2D eigenvalue weighted by molar-refractivity contribution is 0.0892. The molecule has 0 saturated heterocycles. The summed E-state index contributed by atoms with van der Waals surface area (Å²) in [5, 5.41) is 0. The van der Waals surface area contributed by atoms with Gasteiger partial charge >= 0.3 is 0 Å². The standard InChI is InChI=1S/C10H12FNO2/c1-14-6-9(12)10(13)7-2-4-8(11)5-3-7/h2-5,9H,6,12H2,1H3. The molecule has 0 amide bonds. The van der Waals surface area contributed by atoms with Crippen molar-refractivity contribution in [3.8, 4) is 0 Å². The fraction of sp³-hybridized carbons (Fsp3) is 0.300. The molecule has 1 rings (SSSR count). The van der Waals surface area contributed by atoms with E-state index < -0.39 is 6.04 Å². The molecular weight excluding hydrogens is 185 g/mol. The molecule has 0 radical (unpaired) electrons. The van der Waals surface area contributed by atoms with Crippen molar-refractivity contribution in [1.82, 2.24) is 0 Å². The van der Waals surface area contributed by atoms with Crippen LogP contribution in [0.3, 0.4) is 0 Å². The summed E-state index contributed by atoms with van der Waals surface area (Å²) < 4.78 is 17.3. The van der Waals surface area contributed by atoms with Crippen molar-refractivity contribution < 1.29 is 13.9 Å². The molecule has 1 unspecified atom stereocenters. The number of benzene rings is 1. The third kappa shape index (κ3) is 2.61.